The SMILES string of the molecule is CC(C)(CCC(C)(O)C(C)(C)C)Cc1ccccc1F. The zero-order chi connectivity index (χ0) is 15.6. The molecule has 0 aliphatic rings. The lowest BCUT2D eigenvalue weighted by molar-refractivity contribution is -0.0554. The molecule has 1 N–H and O–H groups in total. The molecule has 1 rings (SSSR count). The van der Waals surface area contributed by atoms with Gasteiger partial charge in [0.1, 0.15) is 5.82 Å². The fourth-order valence-electron chi connectivity index (χ4n) is 2.20. The van der Waals surface area contributed by atoms with Gasteiger partial charge in [-0.25, -0.2) is 4.39 Å². The number of benzene rings is 1. The van der Waals surface area contributed by atoms with Gasteiger partial charge in [-0.3, -0.25) is 0 Å². The van der Waals surface area contributed by atoms with Gasteiger partial charge in [-0.2, -0.15) is 0 Å². The first-order valence-corrected chi connectivity index (χ1v) is 7.40. The summed E-state index contributed by atoms with van der Waals surface area (Å²) in [5, 5.41) is 10.6. The van der Waals surface area contributed by atoms with E-state index in [0.717, 1.165) is 18.4 Å². The van der Waals surface area contributed by atoms with E-state index < -0.39 is 5.60 Å². The zero-order valence-corrected chi connectivity index (χ0v) is 13.8. The molecule has 0 fully saturated rings. The Hall–Kier alpha value is -0.890. The molecule has 0 aliphatic carbocycles. The maximum absolute atomic E-state index is 13.7. The van der Waals surface area contributed by atoms with E-state index in [1.165, 1.54) is 6.07 Å². The van der Waals surface area contributed by atoms with Crippen molar-refractivity contribution < 1.29 is 9.50 Å². The molecule has 1 unspecified atom stereocenters. The van der Waals surface area contributed by atoms with Crippen LogP contribution in [0.5, 0.6) is 0 Å². The van der Waals surface area contributed by atoms with E-state index in [1.807, 2.05) is 19.1 Å². The number of halogens is 1. The second kappa shape index (κ2) is 5.85. The summed E-state index contributed by atoms with van der Waals surface area (Å²) < 4.78 is 13.7. The molecule has 0 amide bonds. The standard InChI is InChI=1S/C18H29FO/c1-16(2,3)18(6,20)12-11-17(4,5)13-14-9-7-8-10-15(14)19/h7-10,20H,11-13H2,1-6H3. The van der Waals surface area contributed by atoms with E-state index in [9.17, 15) is 9.50 Å². The Bertz CT molecular complexity index is 441. The Morgan fingerprint density at radius 3 is 2.00 bits per heavy atom. The van der Waals surface area contributed by atoms with Gasteiger partial charge in [0.05, 0.1) is 5.60 Å². The first-order chi connectivity index (χ1) is 8.95. The molecule has 0 heterocycles. The van der Waals surface area contributed by atoms with Gasteiger partial charge in [0.25, 0.3) is 0 Å². The first kappa shape index (κ1) is 17.2. The van der Waals surface area contributed by atoms with Crippen molar-refractivity contribution in [1.29, 1.82) is 0 Å². The molecule has 1 nitrogen and oxygen atoms in total. The van der Waals surface area contributed by atoms with Crippen molar-refractivity contribution in [2.24, 2.45) is 10.8 Å². The molecule has 1 atom stereocenters. The number of hydrogen-bond acceptors (Lipinski definition) is 1. The fraction of sp³-hybridized carbons (Fsp3) is 0.667. The van der Waals surface area contributed by atoms with Crippen LogP contribution in [0.25, 0.3) is 0 Å². The number of rotatable bonds is 5. The molecule has 1 aromatic carbocycles. The molecule has 20 heavy (non-hydrogen) atoms. The highest BCUT2D eigenvalue weighted by atomic mass is 19.1. The topological polar surface area (TPSA) is 20.2 Å². The van der Waals surface area contributed by atoms with Crippen LogP contribution in [0.4, 0.5) is 4.39 Å². The third-order valence-corrected chi connectivity index (χ3v) is 4.53. The maximum Gasteiger partial charge on any atom is 0.126 e. The molecule has 0 spiro atoms. The average molecular weight is 280 g/mol. The number of aliphatic hydroxyl groups is 1. The van der Waals surface area contributed by atoms with Crippen LogP contribution in [0.15, 0.2) is 24.3 Å². The Balaban J connectivity index is 2.70. The van der Waals surface area contributed by atoms with E-state index in [4.69, 9.17) is 0 Å². The molecule has 0 saturated heterocycles. The molecule has 0 aliphatic heterocycles. The average Bonchev–Trinajstić information content (AvgIpc) is 2.28. The van der Waals surface area contributed by atoms with E-state index in [1.54, 1.807) is 6.07 Å². The lowest BCUT2D eigenvalue weighted by Crippen LogP contribution is -2.40. The summed E-state index contributed by atoms with van der Waals surface area (Å²) in [4.78, 5) is 0. The Morgan fingerprint density at radius 1 is 0.950 bits per heavy atom. The fourth-order valence-corrected chi connectivity index (χ4v) is 2.20. The summed E-state index contributed by atoms with van der Waals surface area (Å²) in [5.41, 5.74) is -0.134. The van der Waals surface area contributed by atoms with Gasteiger partial charge in [-0.15, -0.1) is 0 Å². The van der Waals surface area contributed by atoms with Crippen molar-refractivity contribution >= 4 is 0 Å². The van der Waals surface area contributed by atoms with Crippen molar-refractivity contribution in [2.45, 2.75) is 66.4 Å². The van der Waals surface area contributed by atoms with Gasteiger partial charge in [0, 0.05) is 0 Å². The largest absolute Gasteiger partial charge is 0.390 e. The van der Waals surface area contributed by atoms with Crippen LogP contribution in [-0.2, 0) is 6.42 Å². The quantitative estimate of drug-likeness (QED) is 0.807. The lowest BCUT2D eigenvalue weighted by atomic mass is 9.71. The van der Waals surface area contributed by atoms with E-state index in [0.29, 0.717) is 6.42 Å². The summed E-state index contributed by atoms with van der Waals surface area (Å²) in [7, 11) is 0. The second-order valence-electron chi connectivity index (χ2n) is 7.96. The van der Waals surface area contributed by atoms with Gasteiger partial charge < -0.3 is 5.11 Å². The minimum absolute atomic E-state index is 0.0303. The van der Waals surface area contributed by atoms with Crippen molar-refractivity contribution in [1.82, 2.24) is 0 Å². The van der Waals surface area contributed by atoms with Crippen LogP contribution in [0.2, 0.25) is 0 Å². The normalized spacial score (nSPS) is 16.0. The summed E-state index contributed by atoms with van der Waals surface area (Å²) >= 11 is 0. The van der Waals surface area contributed by atoms with Crippen LogP contribution in [0.1, 0.15) is 59.9 Å². The predicted molar refractivity (Wildman–Crippen MR) is 83.2 cm³/mol. The van der Waals surface area contributed by atoms with Crippen LogP contribution in [-0.4, -0.2) is 10.7 Å². The van der Waals surface area contributed by atoms with E-state index >= 15 is 0 Å². The van der Waals surface area contributed by atoms with Gasteiger partial charge in [0.15, 0.2) is 0 Å². The third-order valence-electron chi connectivity index (χ3n) is 4.53. The number of hydrogen-bond donors (Lipinski definition) is 1. The predicted octanol–water partition coefficient (Wildman–Crippen LogP) is 4.97. The Labute approximate surface area is 123 Å². The lowest BCUT2D eigenvalue weighted by Gasteiger charge is -2.39. The molecule has 0 saturated carbocycles. The summed E-state index contributed by atoms with van der Waals surface area (Å²) in [6, 6.07) is 6.95. The first-order valence-electron chi connectivity index (χ1n) is 7.40. The highest BCUT2D eigenvalue weighted by Gasteiger charge is 2.36. The molecular formula is C18H29FO. The molecule has 1 aromatic rings. The van der Waals surface area contributed by atoms with Gasteiger partial charge >= 0.3 is 0 Å². The Kier molecular flexibility index (Phi) is 5.02. The molecule has 0 bridgehead atoms. The molecule has 0 aromatic heterocycles. The van der Waals surface area contributed by atoms with Gasteiger partial charge in [-0.05, 0) is 48.6 Å². The van der Waals surface area contributed by atoms with Crippen molar-refractivity contribution in [3.8, 4) is 0 Å². The highest BCUT2D eigenvalue weighted by Crippen LogP contribution is 2.38. The third kappa shape index (κ3) is 4.59. The molecule has 114 valence electrons. The van der Waals surface area contributed by atoms with Crippen molar-refractivity contribution in [3.63, 3.8) is 0 Å². The molecule has 0 radical (unpaired) electrons. The van der Waals surface area contributed by atoms with Gasteiger partial charge in [-0.1, -0.05) is 52.8 Å². The summed E-state index contributed by atoms with van der Waals surface area (Å²) in [5.74, 6) is -0.136. The van der Waals surface area contributed by atoms with E-state index in [-0.39, 0.29) is 16.6 Å². The van der Waals surface area contributed by atoms with Crippen LogP contribution < -0.4 is 0 Å². The van der Waals surface area contributed by atoms with Crippen molar-refractivity contribution in [2.75, 3.05) is 0 Å². The Morgan fingerprint density at radius 2 is 1.50 bits per heavy atom. The molecule has 2 heteroatoms. The van der Waals surface area contributed by atoms with Crippen LogP contribution in [0, 0.1) is 16.6 Å². The molecular weight excluding hydrogens is 251 g/mol. The highest BCUT2D eigenvalue weighted by molar-refractivity contribution is 5.18. The smallest absolute Gasteiger partial charge is 0.126 e. The minimum atomic E-state index is -0.709. The maximum atomic E-state index is 13.7. The van der Waals surface area contributed by atoms with Crippen LogP contribution >= 0.6 is 0 Å². The van der Waals surface area contributed by atoms with Crippen molar-refractivity contribution in [3.05, 3.63) is 35.6 Å². The second-order valence-corrected chi connectivity index (χ2v) is 7.96. The zero-order valence-electron chi connectivity index (χ0n) is 13.8. The van der Waals surface area contributed by atoms with E-state index in [2.05, 4.69) is 34.6 Å². The summed E-state index contributed by atoms with van der Waals surface area (Å²) in [6.07, 6.45) is 2.28. The minimum Gasteiger partial charge on any atom is -0.390 e. The monoisotopic (exact) mass is 280 g/mol. The van der Waals surface area contributed by atoms with Gasteiger partial charge in [0.2, 0.25) is 0 Å². The summed E-state index contributed by atoms with van der Waals surface area (Å²) in [6.45, 7) is 12.3. The van der Waals surface area contributed by atoms with Crippen LogP contribution in [0.3, 0.4) is 0 Å².